The summed E-state index contributed by atoms with van der Waals surface area (Å²) in [7, 11) is 0. The van der Waals surface area contributed by atoms with Crippen LogP contribution in [0.4, 0.5) is 5.69 Å². The van der Waals surface area contributed by atoms with Crippen molar-refractivity contribution in [3.05, 3.63) is 77.1 Å². The van der Waals surface area contributed by atoms with Crippen molar-refractivity contribution in [3.63, 3.8) is 0 Å². The molecule has 0 aliphatic carbocycles. The highest BCUT2D eigenvalue weighted by atomic mass is 32.2. The molecule has 0 bridgehead atoms. The van der Waals surface area contributed by atoms with Crippen LogP contribution in [0.1, 0.15) is 41.2 Å². The Hall–Kier alpha value is -2.86. The monoisotopic (exact) mass is 393 g/mol. The molecule has 3 aromatic rings. The number of nitrogens with zero attached hydrogens (tertiary/aromatic N) is 1. The summed E-state index contributed by atoms with van der Waals surface area (Å²) in [5.74, 6) is -0.111. The van der Waals surface area contributed by atoms with Gasteiger partial charge in [-0.25, -0.2) is 4.98 Å². The first kappa shape index (κ1) is 19.9. The minimum atomic E-state index is -0.317. The summed E-state index contributed by atoms with van der Waals surface area (Å²) in [5, 5.41) is 3.29. The molecule has 1 aromatic heterocycles. The molecule has 0 unspecified atom stereocenters. The van der Waals surface area contributed by atoms with Gasteiger partial charge in [0.05, 0.1) is 10.9 Å². The van der Waals surface area contributed by atoms with Crippen molar-refractivity contribution < 1.29 is 9.59 Å². The molecule has 1 heterocycles. The third-order valence-corrected chi connectivity index (χ3v) is 5.38. The first-order valence-corrected chi connectivity index (χ1v) is 9.98. The van der Waals surface area contributed by atoms with Crippen LogP contribution in [0.5, 0.6) is 0 Å². The Labute approximate surface area is 169 Å². The minimum Gasteiger partial charge on any atom is -0.337 e. The fourth-order valence-corrected chi connectivity index (χ4v) is 3.61. The second-order valence-electron chi connectivity index (χ2n) is 6.66. The number of carbonyl (C=O) groups is 2. The Morgan fingerprint density at radius 1 is 1.11 bits per heavy atom. The molecule has 28 heavy (non-hydrogen) atoms. The molecule has 0 aliphatic heterocycles. The number of hydrogen-bond donors (Lipinski definition) is 2. The number of hydrogen-bond acceptors (Lipinski definition) is 4. The van der Waals surface area contributed by atoms with Crippen LogP contribution in [-0.2, 0) is 11.2 Å². The molecule has 144 valence electrons. The van der Waals surface area contributed by atoms with Crippen LogP contribution < -0.4 is 5.32 Å². The van der Waals surface area contributed by atoms with E-state index in [-0.39, 0.29) is 16.9 Å². The topological polar surface area (TPSA) is 74.8 Å². The molecule has 6 heteroatoms. The number of thioether (sulfide) groups is 1. The molecule has 0 saturated carbocycles. The molecule has 0 saturated heterocycles. The van der Waals surface area contributed by atoms with Crippen LogP contribution in [0.2, 0.25) is 0 Å². The highest BCUT2D eigenvalue weighted by Crippen LogP contribution is 2.24. The number of nitrogens with one attached hydrogen (secondary N) is 2. The van der Waals surface area contributed by atoms with E-state index in [1.54, 1.807) is 24.3 Å². The zero-order valence-corrected chi connectivity index (χ0v) is 17.0. The van der Waals surface area contributed by atoms with Crippen molar-refractivity contribution in [1.82, 2.24) is 9.97 Å². The van der Waals surface area contributed by atoms with Crippen LogP contribution in [0, 0.1) is 6.92 Å². The van der Waals surface area contributed by atoms with E-state index in [1.165, 1.54) is 24.2 Å². The standard InChI is InChI=1S/C22H23N3O2S/c1-14-20(13-17-7-5-4-6-8-17)25-22(23-14)28-16(3)21(27)24-19-11-9-18(10-12-19)15(2)26/h4-12,16H,13H2,1-3H3,(H,23,25)(H,24,27)/t16-/m0/s1. The van der Waals surface area contributed by atoms with E-state index >= 15 is 0 Å². The maximum absolute atomic E-state index is 12.5. The number of aromatic amines is 1. The summed E-state index contributed by atoms with van der Waals surface area (Å²) in [4.78, 5) is 31.7. The highest BCUT2D eigenvalue weighted by Gasteiger charge is 2.18. The summed E-state index contributed by atoms with van der Waals surface area (Å²) in [6.45, 7) is 5.36. The Morgan fingerprint density at radius 3 is 2.43 bits per heavy atom. The number of anilines is 1. The zero-order chi connectivity index (χ0) is 20.1. The van der Waals surface area contributed by atoms with Gasteiger partial charge in [-0.05, 0) is 50.6 Å². The minimum absolute atomic E-state index is 0.00120. The quantitative estimate of drug-likeness (QED) is 0.453. The van der Waals surface area contributed by atoms with Crippen LogP contribution in [0.25, 0.3) is 0 Å². The lowest BCUT2D eigenvalue weighted by Gasteiger charge is -2.10. The molecule has 1 atom stereocenters. The first-order valence-electron chi connectivity index (χ1n) is 9.10. The van der Waals surface area contributed by atoms with E-state index < -0.39 is 0 Å². The number of aryl methyl sites for hydroxylation is 1. The molecule has 0 aliphatic rings. The number of Topliss-reactive ketones (excluding diaryl/α,β-unsaturated/α-hetero) is 1. The van der Waals surface area contributed by atoms with Gasteiger partial charge in [0.15, 0.2) is 10.9 Å². The molecule has 0 radical (unpaired) electrons. The predicted molar refractivity (Wildman–Crippen MR) is 113 cm³/mol. The summed E-state index contributed by atoms with van der Waals surface area (Å²) < 4.78 is 0. The van der Waals surface area contributed by atoms with Gasteiger partial charge in [-0.15, -0.1) is 0 Å². The lowest BCUT2D eigenvalue weighted by molar-refractivity contribution is -0.115. The number of rotatable bonds is 7. The van der Waals surface area contributed by atoms with Crippen LogP contribution in [0.15, 0.2) is 59.8 Å². The molecule has 2 N–H and O–H groups in total. The van der Waals surface area contributed by atoms with Crippen molar-refractivity contribution >= 4 is 29.1 Å². The molecule has 0 fully saturated rings. The van der Waals surface area contributed by atoms with E-state index in [0.717, 1.165) is 23.0 Å². The lowest BCUT2D eigenvalue weighted by atomic mass is 10.1. The summed E-state index contributed by atoms with van der Waals surface area (Å²) in [6, 6.07) is 17.1. The van der Waals surface area contributed by atoms with E-state index in [9.17, 15) is 9.59 Å². The number of benzene rings is 2. The maximum atomic E-state index is 12.5. The van der Waals surface area contributed by atoms with Gasteiger partial charge >= 0.3 is 0 Å². The fraction of sp³-hybridized carbons (Fsp3) is 0.227. The van der Waals surface area contributed by atoms with Crippen LogP contribution >= 0.6 is 11.8 Å². The van der Waals surface area contributed by atoms with Gasteiger partial charge in [0.25, 0.3) is 0 Å². The SMILES string of the molecule is CC(=O)c1ccc(NC(=O)[C@H](C)Sc2nc(Cc3ccccc3)c(C)[nH]2)cc1. The van der Waals surface area contributed by atoms with Crippen molar-refractivity contribution in [2.75, 3.05) is 5.32 Å². The van der Waals surface area contributed by atoms with Crippen LogP contribution in [-0.4, -0.2) is 26.9 Å². The number of imidazole rings is 1. The average molecular weight is 394 g/mol. The Morgan fingerprint density at radius 2 is 1.79 bits per heavy atom. The lowest BCUT2D eigenvalue weighted by Crippen LogP contribution is -2.22. The van der Waals surface area contributed by atoms with Gasteiger partial charge in [-0.1, -0.05) is 42.1 Å². The molecular weight excluding hydrogens is 370 g/mol. The Balaban J connectivity index is 1.60. The van der Waals surface area contributed by atoms with E-state index in [0.29, 0.717) is 11.3 Å². The zero-order valence-electron chi connectivity index (χ0n) is 16.2. The Bertz CT molecular complexity index is 965. The highest BCUT2D eigenvalue weighted by molar-refractivity contribution is 8.00. The molecule has 2 aromatic carbocycles. The third-order valence-electron chi connectivity index (χ3n) is 4.39. The summed E-state index contributed by atoms with van der Waals surface area (Å²) >= 11 is 1.39. The van der Waals surface area contributed by atoms with Crippen molar-refractivity contribution in [2.24, 2.45) is 0 Å². The van der Waals surface area contributed by atoms with Gasteiger partial charge in [-0.3, -0.25) is 9.59 Å². The number of aromatic nitrogens is 2. The first-order chi connectivity index (χ1) is 13.4. The number of amides is 1. The fourth-order valence-electron chi connectivity index (χ4n) is 2.74. The third kappa shape index (κ3) is 5.10. The predicted octanol–water partition coefficient (Wildman–Crippen LogP) is 4.63. The van der Waals surface area contributed by atoms with E-state index in [2.05, 4.69) is 27.4 Å². The van der Waals surface area contributed by atoms with Gasteiger partial charge in [-0.2, -0.15) is 0 Å². The second-order valence-corrected chi connectivity index (χ2v) is 7.99. The number of ketones is 1. The molecule has 5 nitrogen and oxygen atoms in total. The molecular formula is C22H23N3O2S. The largest absolute Gasteiger partial charge is 0.337 e. The van der Waals surface area contributed by atoms with Gasteiger partial charge in [0.2, 0.25) is 5.91 Å². The number of H-pyrrole nitrogens is 1. The molecule has 0 spiro atoms. The molecule has 1 amide bonds. The van der Waals surface area contributed by atoms with Crippen molar-refractivity contribution in [3.8, 4) is 0 Å². The van der Waals surface area contributed by atoms with Crippen molar-refractivity contribution in [1.29, 1.82) is 0 Å². The van der Waals surface area contributed by atoms with Crippen LogP contribution in [0.3, 0.4) is 0 Å². The second kappa shape index (κ2) is 8.89. The Kier molecular flexibility index (Phi) is 6.31. The average Bonchev–Trinajstić information content (AvgIpc) is 3.01. The van der Waals surface area contributed by atoms with Crippen molar-refractivity contribution in [2.45, 2.75) is 37.6 Å². The van der Waals surface area contributed by atoms with Gasteiger partial charge in [0.1, 0.15) is 0 Å². The summed E-state index contributed by atoms with van der Waals surface area (Å²) in [6.07, 6.45) is 0.757. The summed E-state index contributed by atoms with van der Waals surface area (Å²) in [5.41, 5.74) is 4.49. The van der Waals surface area contributed by atoms with E-state index in [4.69, 9.17) is 0 Å². The normalized spacial score (nSPS) is 11.8. The van der Waals surface area contributed by atoms with E-state index in [1.807, 2.05) is 32.0 Å². The number of carbonyl (C=O) groups excluding carboxylic acids is 2. The molecule has 3 rings (SSSR count). The maximum Gasteiger partial charge on any atom is 0.237 e. The van der Waals surface area contributed by atoms with Gasteiger partial charge in [0, 0.05) is 23.4 Å². The van der Waals surface area contributed by atoms with Gasteiger partial charge < -0.3 is 10.3 Å². The smallest absolute Gasteiger partial charge is 0.237 e.